The van der Waals surface area contributed by atoms with Crippen LogP contribution in [0.4, 0.5) is 20.2 Å². The Bertz CT molecular complexity index is 1010. The number of halogens is 2. The zero-order valence-electron chi connectivity index (χ0n) is 13.9. The highest BCUT2D eigenvalue weighted by Gasteiger charge is 2.29. The lowest BCUT2D eigenvalue weighted by Gasteiger charge is -2.41. The van der Waals surface area contributed by atoms with E-state index in [0.29, 0.717) is 41.1 Å². The summed E-state index contributed by atoms with van der Waals surface area (Å²) in [6, 6.07) is 6.96. The first-order valence-electron chi connectivity index (χ1n) is 8.03. The van der Waals surface area contributed by atoms with E-state index in [2.05, 4.69) is 15.6 Å². The number of nitrogens with two attached hydrogens (primary N) is 1. The Morgan fingerprint density at radius 1 is 1.23 bits per heavy atom. The van der Waals surface area contributed by atoms with Crippen molar-refractivity contribution in [2.45, 2.75) is 6.04 Å². The summed E-state index contributed by atoms with van der Waals surface area (Å²) in [5.74, 6) is -2.06. The van der Waals surface area contributed by atoms with Gasteiger partial charge in [-0.1, -0.05) is 5.21 Å². The number of amides is 1. The standard InChI is InChI=1S/C17H16F2N6O/c1-24-16-14(22-23-24)5-3-11(15(16)20)17(26)21-9-7-25(8-9)10-2-4-12(18)13(19)6-10/h2-6,9H,7-8,20H2,1H3,(H,21,26). The quantitative estimate of drug-likeness (QED) is 0.692. The number of aryl methyl sites for hydroxylation is 1. The van der Waals surface area contributed by atoms with Crippen molar-refractivity contribution in [1.82, 2.24) is 20.3 Å². The molecule has 1 fully saturated rings. The number of nitrogen functional groups attached to an aromatic ring is 1. The fourth-order valence-electron chi connectivity index (χ4n) is 3.10. The minimum atomic E-state index is -0.888. The van der Waals surface area contributed by atoms with Crippen LogP contribution in [-0.2, 0) is 7.05 Å². The number of benzene rings is 2. The lowest BCUT2D eigenvalue weighted by atomic mass is 10.1. The van der Waals surface area contributed by atoms with Crippen LogP contribution in [0.1, 0.15) is 10.4 Å². The van der Waals surface area contributed by atoms with E-state index in [9.17, 15) is 13.6 Å². The Morgan fingerprint density at radius 3 is 2.73 bits per heavy atom. The molecule has 1 amide bonds. The highest BCUT2D eigenvalue weighted by molar-refractivity contribution is 6.05. The third kappa shape index (κ3) is 2.61. The SMILES string of the molecule is Cn1nnc2ccc(C(=O)NC3CN(c4ccc(F)c(F)c4)C3)c(N)c21. The van der Waals surface area contributed by atoms with E-state index < -0.39 is 11.6 Å². The van der Waals surface area contributed by atoms with E-state index in [-0.39, 0.29) is 11.9 Å². The van der Waals surface area contributed by atoms with Gasteiger partial charge < -0.3 is 16.0 Å². The van der Waals surface area contributed by atoms with Crippen molar-refractivity contribution in [3.05, 3.63) is 47.5 Å². The van der Waals surface area contributed by atoms with Crippen molar-refractivity contribution >= 4 is 28.3 Å². The average Bonchev–Trinajstić information content (AvgIpc) is 2.95. The van der Waals surface area contributed by atoms with E-state index in [1.165, 1.54) is 10.7 Å². The summed E-state index contributed by atoms with van der Waals surface area (Å²) in [4.78, 5) is 14.4. The second-order valence-corrected chi connectivity index (χ2v) is 6.28. The van der Waals surface area contributed by atoms with E-state index in [0.717, 1.165) is 12.1 Å². The van der Waals surface area contributed by atoms with Gasteiger partial charge >= 0.3 is 0 Å². The molecule has 2 heterocycles. The first-order chi connectivity index (χ1) is 12.4. The molecule has 0 aliphatic carbocycles. The van der Waals surface area contributed by atoms with Crippen molar-refractivity contribution in [2.24, 2.45) is 7.05 Å². The second kappa shape index (κ2) is 5.94. The molecule has 9 heteroatoms. The molecule has 1 aliphatic rings. The van der Waals surface area contributed by atoms with Gasteiger partial charge in [0, 0.05) is 31.9 Å². The Morgan fingerprint density at radius 2 is 2.00 bits per heavy atom. The van der Waals surface area contributed by atoms with Crippen molar-refractivity contribution in [3.8, 4) is 0 Å². The second-order valence-electron chi connectivity index (χ2n) is 6.28. The predicted molar refractivity (Wildman–Crippen MR) is 92.7 cm³/mol. The first-order valence-corrected chi connectivity index (χ1v) is 8.03. The van der Waals surface area contributed by atoms with Crippen LogP contribution in [0.25, 0.3) is 11.0 Å². The Balaban J connectivity index is 1.44. The average molecular weight is 358 g/mol. The van der Waals surface area contributed by atoms with E-state index >= 15 is 0 Å². The van der Waals surface area contributed by atoms with Gasteiger partial charge in [0.1, 0.15) is 11.0 Å². The third-order valence-electron chi connectivity index (χ3n) is 4.54. The zero-order valence-corrected chi connectivity index (χ0v) is 13.9. The maximum Gasteiger partial charge on any atom is 0.253 e. The summed E-state index contributed by atoms with van der Waals surface area (Å²) in [5.41, 5.74) is 8.59. The zero-order chi connectivity index (χ0) is 18.4. The van der Waals surface area contributed by atoms with Gasteiger partial charge in [-0.2, -0.15) is 0 Å². The minimum absolute atomic E-state index is 0.102. The number of carbonyl (C=O) groups excluding carboxylic acids is 1. The molecule has 2 aromatic carbocycles. The number of rotatable bonds is 3. The summed E-state index contributed by atoms with van der Waals surface area (Å²) in [5, 5.41) is 10.8. The van der Waals surface area contributed by atoms with Gasteiger partial charge in [0.25, 0.3) is 5.91 Å². The molecule has 0 spiro atoms. The van der Waals surface area contributed by atoms with Gasteiger partial charge in [-0.25, -0.2) is 13.5 Å². The summed E-state index contributed by atoms with van der Waals surface area (Å²) in [6.45, 7) is 1.01. The fourth-order valence-corrected chi connectivity index (χ4v) is 3.10. The summed E-state index contributed by atoms with van der Waals surface area (Å²) < 4.78 is 27.8. The molecule has 3 aromatic rings. The first kappa shape index (κ1) is 16.2. The molecule has 26 heavy (non-hydrogen) atoms. The topological polar surface area (TPSA) is 89.1 Å². The number of fused-ring (bicyclic) bond motifs is 1. The van der Waals surface area contributed by atoms with Gasteiger partial charge in [0.05, 0.1) is 17.3 Å². The Labute approximate surface area is 147 Å². The van der Waals surface area contributed by atoms with Crippen LogP contribution >= 0.6 is 0 Å². The molecule has 7 nitrogen and oxygen atoms in total. The molecule has 1 aromatic heterocycles. The lowest BCUT2D eigenvalue weighted by molar-refractivity contribution is 0.0931. The minimum Gasteiger partial charge on any atom is -0.396 e. The van der Waals surface area contributed by atoms with Crippen LogP contribution in [0.3, 0.4) is 0 Å². The van der Waals surface area contributed by atoms with Gasteiger partial charge in [-0.05, 0) is 24.3 Å². The largest absolute Gasteiger partial charge is 0.396 e. The fraction of sp³-hybridized carbons (Fsp3) is 0.235. The van der Waals surface area contributed by atoms with Crippen LogP contribution in [0, 0.1) is 11.6 Å². The van der Waals surface area contributed by atoms with Crippen LogP contribution in [-0.4, -0.2) is 40.0 Å². The summed E-state index contributed by atoms with van der Waals surface area (Å²) >= 11 is 0. The molecular formula is C17H16F2N6O. The van der Waals surface area contributed by atoms with E-state index in [1.54, 1.807) is 19.2 Å². The summed E-state index contributed by atoms with van der Waals surface area (Å²) in [7, 11) is 1.71. The maximum absolute atomic E-state index is 13.3. The normalized spacial score (nSPS) is 14.5. The van der Waals surface area contributed by atoms with Gasteiger partial charge in [0.2, 0.25) is 0 Å². The lowest BCUT2D eigenvalue weighted by Crippen LogP contribution is -2.59. The van der Waals surface area contributed by atoms with E-state index in [1.807, 2.05) is 4.90 Å². The van der Waals surface area contributed by atoms with E-state index in [4.69, 9.17) is 5.73 Å². The Kier molecular flexibility index (Phi) is 3.71. The van der Waals surface area contributed by atoms with Crippen molar-refractivity contribution in [3.63, 3.8) is 0 Å². The number of hydrogen-bond acceptors (Lipinski definition) is 5. The van der Waals surface area contributed by atoms with Crippen LogP contribution < -0.4 is 16.0 Å². The number of hydrogen-bond donors (Lipinski definition) is 2. The van der Waals surface area contributed by atoms with Crippen molar-refractivity contribution in [1.29, 1.82) is 0 Å². The Hall–Kier alpha value is -3.23. The molecule has 1 aliphatic heterocycles. The number of nitrogens with one attached hydrogen (secondary N) is 1. The molecule has 0 bridgehead atoms. The molecule has 3 N–H and O–H groups in total. The molecule has 0 atom stereocenters. The third-order valence-corrected chi connectivity index (χ3v) is 4.54. The monoisotopic (exact) mass is 358 g/mol. The van der Waals surface area contributed by atoms with Gasteiger partial charge in [-0.3, -0.25) is 4.79 Å². The smallest absolute Gasteiger partial charge is 0.253 e. The number of nitrogens with zero attached hydrogens (tertiary/aromatic N) is 4. The number of carbonyl (C=O) groups is 1. The molecule has 1 saturated heterocycles. The number of anilines is 2. The highest BCUT2D eigenvalue weighted by Crippen LogP contribution is 2.25. The molecule has 0 saturated carbocycles. The molecule has 134 valence electrons. The molecular weight excluding hydrogens is 342 g/mol. The van der Waals surface area contributed by atoms with Crippen molar-refractivity contribution < 1.29 is 13.6 Å². The van der Waals surface area contributed by atoms with Gasteiger partial charge in [-0.15, -0.1) is 5.10 Å². The summed E-state index contributed by atoms with van der Waals surface area (Å²) in [6.07, 6.45) is 0. The molecule has 0 unspecified atom stereocenters. The van der Waals surface area contributed by atoms with Crippen LogP contribution in [0.5, 0.6) is 0 Å². The van der Waals surface area contributed by atoms with Crippen LogP contribution in [0.2, 0.25) is 0 Å². The highest BCUT2D eigenvalue weighted by atomic mass is 19.2. The maximum atomic E-state index is 13.3. The van der Waals surface area contributed by atoms with Crippen molar-refractivity contribution in [2.75, 3.05) is 23.7 Å². The number of aromatic nitrogens is 3. The van der Waals surface area contributed by atoms with Gasteiger partial charge in [0.15, 0.2) is 11.6 Å². The molecule has 0 radical (unpaired) electrons. The van der Waals surface area contributed by atoms with Crippen LogP contribution in [0.15, 0.2) is 30.3 Å². The molecule has 4 rings (SSSR count). The predicted octanol–water partition coefficient (Wildman–Crippen LogP) is 1.45.